The van der Waals surface area contributed by atoms with Gasteiger partial charge in [-0.15, -0.1) is 0 Å². The van der Waals surface area contributed by atoms with Gasteiger partial charge < -0.3 is 9.52 Å². The summed E-state index contributed by atoms with van der Waals surface area (Å²) in [6, 6.07) is 11.5. The molecular weight excluding hydrogens is 328 g/mol. The van der Waals surface area contributed by atoms with Gasteiger partial charge in [-0.2, -0.15) is 15.4 Å². The zero-order valence-corrected chi connectivity index (χ0v) is 13.7. The fourth-order valence-electron chi connectivity index (χ4n) is 3.09. The number of nitrogens with one attached hydrogen (secondary N) is 1. The number of aromatic amines is 1. The molecule has 0 spiro atoms. The summed E-state index contributed by atoms with van der Waals surface area (Å²) in [6.07, 6.45) is 2.21. The number of benzene rings is 1. The maximum absolute atomic E-state index is 10.7. The van der Waals surface area contributed by atoms with E-state index in [9.17, 15) is 5.11 Å². The van der Waals surface area contributed by atoms with Crippen LogP contribution in [0.15, 0.2) is 47.0 Å². The van der Waals surface area contributed by atoms with Gasteiger partial charge in [0.15, 0.2) is 0 Å². The zero-order valence-electron chi connectivity index (χ0n) is 12.9. The lowest BCUT2D eigenvalue weighted by molar-refractivity contribution is 0.0402. The zero-order chi connectivity index (χ0) is 16.6. The summed E-state index contributed by atoms with van der Waals surface area (Å²) in [4.78, 5) is 2.15. The minimum absolute atomic E-state index is 0.510. The smallest absolute Gasteiger partial charge is 0.134 e. The molecule has 0 aliphatic carbocycles. The van der Waals surface area contributed by atoms with Crippen molar-refractivity contribution >= 4 is 11.6 Å². The first kappa shape index (κ1) is 15.4. The second kappa shape index (κ2) is 6.05. The highest BCUT2D eigenvalue weighted by Gasteiger charge is 2.39. The van der Waals surface area contributed by atoms with Gasteiger partial charge in [0, 0.05) is 23.7 Å². The first-order valence-corrected chi connectivity index (χ1v) is 8.16. The maximum Gasteiger partial charge on any atom is 0.134 e. The predicted octanol–water partition coefficient (Wildman–Crippen LogP) is 2.81. The number of aliphatic hydroxyl groups is 1. The number of hydrogen-bond acceptors (Lipinski definition) is 5. The minimum atomic E-state index is -0.946. The number of furan rings is 1. The summed E-state index contributed by atoms with van der Waals surface area (Å²) in [7, 11) is 0. The summed E-state index contributed by atoms with van der Waals surface area (Å²) >= 11 is 5.91. The van der Waals surface area contributed by atoms with E-state index in [-0.39, 0.29) is 0 Å². The maximum atomic E-state index is 10.7. The molecule has 24 heavy (non-hydrogen) atoms. The molecule has 6 nitrogen and oxygen atoms in total. The quantitative estimate of drug-likeness (QED) is 0.761. The van der Waals surface area contributed by atoms with E-state index in [1.165, 1.54) is 0 Å². The molecule has 3 heterocycles. The van der Waals surface area contributed by atoms with Crippen LogP contribution in [0, 0.1) is 0 Å². The van der Waals surface area contributed by atoms with E-state index >= 15 is 0 Å². The van der Waals surface area contributed by atoms with Crippen LogP contribution in [0.3, 0.4) is 0 Å². The van der Waals surface area contributed by atoms with E-state index in [0.717, 1.165) is 23.6 Å². The average Bonchev–Trinajstić information content (AvgIpc) is 3.30. The molecule has 3 aromatic rings. The lowest BCUT2D eigenvalue weighted by atomic mass is 10.0. The molecule has 0 amide bonds. The largest absolute Gasteiger partial charge is 0.460 e. The van der Waals surface area contributed by atoms with E-state index in [0.29, 0.717) is 30.2 Å². The molecule has 4 rings (SSSR count). The third kappa shape index (κ3) is 2.96. The Balaban J connectivity index is 1.44. The molecule has 1 atom stereocenters. The van der Waals surface area contributed by atoms with Crippen molar-refractivity contribution in [2.24, 2.45) is 0 Å². The first-order valence-electron chi connectivity index (χ1n) is 7.78. The van der Waals surface area contributed by atoms with E-state index in [1.807, 2.05) is 36.4 Å². The van der Waals surface area contributed by atoms with Gasteiger partial charge in [0.25, 0.3) is 0 Å². The summed E-state index contributed by atoms with van der Waals surface area (Å²) in [6.45, 7) is 1.94. The average molecular weight is 345 g/mol. The molecular formula is C17H17ClN4O2. The van der Waals surface area contributed by atoms with Crippen LogP contribution in [0.2, 0.25) is 5.02 Å². The monoisotopic (exact) mass is 344 g/mol. The fourth-order valence-corrected chi connectivity index (χ4v) is 3.22. The Morgan fingerprint density at radius 1 is 1.25 bits per heavy atom. The highest BCUT2D eigenvalue weighted by molar-refractivity contribution is 6.30. The molecule has 1 aliphatic rings. The lowest BCUT2D eigenvalue weighted by Gasteiger charge is -2.20. The van der Waals surface area contributed by atoms with Crippen molar-refractivity contribution in [3.8, 4) is 11.3 Å². The van der Waals surface area contributed by atoms with Crippen LogP contribution in [0.1, 0.15) is 17.9 Å². The molecule has 1 unspecified atom stereocenters. The molecule has 0 bridgehead atoms. The van der Waals surface area contributed by atoms with Crippen molar-refractivity contribution in [3.05, 3.63) is 59.1 Å². The van der Waals surface area contributed by atoms with Crippen LogP contribution in [-0.2, 0) is 12.1 Å². The van der Waals surface area contributed by atoms with E-state index < -0.39 is 5.60 Å². The Morgan fingerprint density at radius 3 is 2.83 bits per heavy atom. The molecule has 2 aromatic heterocycles. The van der Waals surface area contributed by atoms with Crippen molar-refractivity contribution in [2.75, 3.05) is 13.1 Å². The predicted molar refractivity (Wildman–Crippen MR) is 89.3 cm³/mol. The van der Waals surface area contributed by atoms with Crippen LogP contribution < -0.4 is 0 Å². The fraction of sp³-hybridized carbons (Fsp3) is 0.294. The molecule has 7 heteroatoms. The van der Waals surface area contributed by atoms with Gasteiger partial charge in [0.1, 0.15) is 22.8 Å². The number of β-amino-alcohol motifs (C(OH)–C–C–N with tert-alkyl or cyclic N) is 1. The van der Waals surface area contributed by atoms with Crippen molar-refractivity contribution in [3.63, 3.8) is 0 Å². The van der Waals surface area contributed by atoms with E-state index in [4.69, 9.17) is 16.0 Å². The van der Waals surface area contributed by atoms with Crippen LogP contribution in [0.4, 0.5) is 0 Å². The summed E-state index contributed by atoms with van der Waals surface area (Å²) in [5.74, 6) is 1.68. The standard InChI is InChI=1S/C17H17ClN4O2/c18-13-3-1-12(2-4-13)15-6-5-14(24-15)10-22-8-7-17(23,11-22)16-9-19-21-20-16/h1-6,9,23H,7-8,10-11H2,(H,19,20,21). The van der Waals surface area contributed by atoms with Gasteiger partial charge in [0.05, 0.1) is 12.7 Å². The molecule has 124 valence electrons. The van der Waals surface area contributed by atoms with Crippen molar-refractivity contribution < 1.29 is 9.52 Å². The van der Waals surface area contributed by atoms with Gasteiger partial charge >= 0.3 is 0 Å². The number of likely N-dealkylation sites (tertiary alicyclic amines) is 1. The number of H-pyrrole nitrogens is 1. The normalized spacial score (nSPS) is 21.4. The Labute approximate surface area is 144 Å². The highest BCUT2D eigenvalue weighted by atomic mass is 35.5. The number of halogens is 1. The van der Waals surface area contributed by atoms with Crippen molar-refractivity contribution in [1.82, 2.24) is 20.3 Å². The summed E-state index contributed by atoms with van der Waals surface area (Å²) in [5, 5.41) is 21.8. The van der Waals surface area contributed by atoms with E-state index in [1.54, 1.807) is 6.20 Å². The van der Waals surface area contributed by atoms with Crippen molar-refractivity contribution in [1.29, 1.82) is 0 Å². The Kier molecular flexibility index (Phi) is 3.88. The highest BCUT2D eigenvalue weighted by Crippen LogP contribution is 2.32. The van der Waals surface area contributed by atoms with Gasteiger partial charge in [-0.25, -0.2) is 0 Å². The summed E-state index contributed by atoms with van der Waals surface area (Å²) in [5.41, 5.74) is 0.635. The molecule has 1 aromatic carbocycles. The topological polar surface area (TPSA) is 78.2 Å². The summed E-state index contributed by atoms with van der Waals surface area (Å²) < 4.78 is 5.93. The Hall–Kier alpha value is -2.15. The third-order valence-electron chi connectivity index (χ3n) is 4.39. The Morgan fingerprint density at radius 2 is 2.08 bits per heavy atom. The molecule has 1 aliphatic heterocycles. The van der Waals surface area contributed by atoms with Crippen LogP contribution in [0.5, 0.6) is 0 Å². The van der Waals surface area contributed by atoms with Crippen LogP contribution in [0.25, 0.3) is 11.3 Å². The Bertz CT molecular complexity index is 816. The number of aromatic nitrogens is 3. The SMILES string of the molecule is OC1(c2cn[nH]n2)CCN(Cc2ccc(-c3ccc(Cl)cc3)o2)C1. The molecule has 0 radical (unpaired) electrons. The van der Waals surface area contributed by atoms with Gasteiger partial charge in [-0.3, -0.25) is 4.90 Å². The van der Waals surface area contributed by atoms with Crippen LogP contribution in [-0.4, -0.2) is 38.5 Å². The lowest BCUT2D eigenvalue weighted by Crippen LogP contribution is -2.30. The van der Waals surface area contributed by atoms with Crippen LogP contribution >= 0.6 is 11.6 Å². The number of rotatable bonds is 4. The van der Waals surface area contributed by atoms with Crippen molar-refractivity contribution in [2.45, 2.75) is 18.6 Å². The molecule has 1 saturated heterocycles. The third-order valence-corrected chi connectivity index (χ3v) is 4.64. The van der Waals surface area contributed by atoms with E-state index in [2.05, 4.69) is 20.3 Å². The second-order valence-corrected chi connectivity index (χ2v) is 6.56. The second-order valence-electron chi connectivity index (χ2n) is 6.12. The minimum Gasteiger partial charge on any atom is -0.460 e. The number of hydrogen-bond donors (Lipinski definition) is 2. The van der Waals surface area contributed by atoms with Gasteiger partial charge in [-0.05, 0) is 42.8 Å². The molecule has 2 N–H and O–H groups in total. The molecule has 1 fully saturated rings. The number of nitrogens with zero attached hydrogens (tertiary/aromatic N) is 3. The van der Waals surface area contributed by atoms with Gasteiger partial charge in [-0.1, -0.05) is 11.6 Å². The van der Waals surface area contributed by atoms with Gasteiger partial charge in [0.2, 0.25) is 0 Å². The first-order chi connectivity index (χ1) is 11.6. The molecule has 0 saturated carbocycles.